The van der Waals surface area contributed by atoms with Crippen molar-refractivity contribution in [2.45, 2.75) is 25.5 Å². The van der Waals surface area contributed by atoms with Crippen molar-refractivity contribution in [2.75, 3.05) is 11.1 Å². The Bertz CT molecular complexity index is 927. The maximum atomic E-state index is 12.2. The van der Waals surface area contributed by atoms with Gasteiger partial charge in [-0.25, -0.2) is 4.98 Å². The van der Waals surface area contributed by atoms with Crippen LogP contribution in [0.15, 0.2) is 47.8 Å². The SMILES string of the molecule is CCn1c(SCC(=O)Nc2ncccc2C)nnc1-c1ccccc1Cl. The Balaban J connectivity index is 1.72. The highest BCUT2D eigenvalue weighted by Gasteiger charge is 2.16. The second-order valence-electron chi connectivity index (χ2n) is 5.54. The van der Waals surface area contributed by atoms with Crippen molar-refractivity contribution < 1.29 is 4.79 Å². The fraction of sp³-hybridized carbons (Fsp3) is 0.222. The lowest BCUT2D eigenvalue weighted by molar-refractivity contribution is -0.113. The molecule has 2 heterocycles. The Hall–Kier alpha value is -2.38. The highest BCUT2D eigenvalue weighted by molar-refractivity contribution is 7.99. The van der Waals surface area contributed by atoms with Gasteiger partial charge in [0.25, 0.3) is 0 Å². The molecule has 0 unspecified atom stereocenters. The molecule has 0 atom stereocenters. The number of nitrogens with zero attached hydrogens (tertiary/aromatic N) is 4. The fourth-order valence-corrected chi connectivity index (χ4v) is 3.46. The summed E-state index contributed by atoms with van der Waals surface area (Å²) >= 11 is 7.60. The van der Waals surface area contributed by atoms with Gasteiger partial charge in [0.2, 0.25) is 5.91 Å². The molecule has 0 spiro atoms. The van der Waals surface area contributed by atoms with Gasteiger partial charge in [0.1, 0.15) is 5.82 Å². The first-order valence-corrected chi connectivity index (χ1v) is 9.49. The first-order valence-electron chi connectivity index (χ1n) is 8.12. The molecule has 0 aliphatic heterocycles. The molecule has 134 valence electrons. The number of nitrogens with one attached hydrogen (secondary N) is 1. The number of carbonyl (C=O) groups excluding carboxylic acids is 1. The van der Waals surface area contributed by atoms with Crippen molar-refractivity contribution in [1.29, 1.82) is 0 Å². The van der Waals surface area contributed by atoms with Gasteiger partial charge in [0, 0.05) is 18.3 Å². The molecular formula is C18H18ClN5OS. The van der Waals surface area contributed by atoms with Crippen LogP contribution in [0, 0.1) is 6.92 Å². The molecule has 0 aliphatic rings. The average Bonchev–Trinajstić information content (AvgIpc) is 3.05. The third-order valence-corrected chi connectivity index (χ3v) is 5.04. The number of aryl methyl sites for hydroxylation is 1. The van der Waals surface area contributed by atoms with Crippen LogP contribution in [0.1, 0.15) is 12.5 Å². The van der Waals surface area contributed by atoms with Crippen LogP contribution in [0.5, 0.6) is 0 Å². The van der Waals surface area contributed by atoms with E-state index in [2.05, 4.69) is 20.5 Å². The lowest BCUT2D eigenvalue weighted by Gasteiger charge is -2.09. The smallest absolute Gasteiger partial charge is 0.236 e. The standard InChI is InChI=1S/C18H18ClN5OS/c1-3-24-17(13-8-4-5-9-14(13)19)22-23-18(24)26-11-15(25)21-16-12(2)7-6-10-20-16/h4-10H,3,11H2,1-2H3,(H,20,21,25). The van der Waals surface area contributed by atoms with E-state index in [1.54, 1.807) is 6.20 Å². The number of hydrogen-bond donors (Lipinski definition) is 1. The zero-order valence-electron chi connectivity index (χ0n) is 14.4. The van der Waals surface area contributed by atoms with E-state index in [0.717, 1.165) is 11.1 Å². The third-order valence-electron chi connectivity index (χ3n) is 3.75. The molecule has 2 aromatic heterocycles. The molecule has 1 aromatic carbocycles. The largest absolute Gasteiger partial charge is 0.310 e. The molecule has 0 bridgehead atoms. The summed E-state index contributed by atoms with van der Waals surface area (Å²) in [5.41, 5.74) is 1.74. The van der Waals surface area contributed by atoms with E-state index < -0.39 is 0 Å². The van der Waals surface area contributed by atoms with Crippen molar-refractivity contribution in [1.82, 2.24) is 19.7 Å². The quantitative estimate of drug-likeness (QED) is 0.646. The molecule has 6 nitrogen and oxygen atoms in total. The minimum atomic E-state index is -0.137. The van der Waals surface area contributed by atoms with Gasteiger partial charge < -0.3 is 9.88 Å². The van der Waals surface area contributed by atoms with Gasteiger partial charge in [-0.3, -0.25) is 4.79 Å². The Morgan fingerprint density at radius 1 is 1.23 bits per heavy atom. The number of aromatic nitrogens is 4. The second kappa shape index (κ2) is 8.33. The minimum Gasteiger partial charge on any atom is -0.310 e. The molecule has 0 saturated carbocycles. The maximum Gasteiger partial charge on any atom is 0.236 e. The first kappa shape index (κ1) is 18.4. The highest BCUT2D eigenvalue weighted by Crippen LogP contribution is 2.29. The number of halogens is 1. The summed E-state index contributed by atoms with van der Waals surface area (Å²) in [6.45, 7) is 4.58. The zero-order valence-corrected chi connectivity index (χ0v) is 16.0. The van der Waals surface area contributed by atoms with Crippen molar-refractivity contribution in [3.63, 3.8) is 0 Å². The molecule has 1 amide bonds. The van der Waals surface area contributed by atoms with E-state index in [1.165, 1.54) is 11.8 Å². The summed E-state index contributed by atoms with van der Waals surface area (Å²) < 4.78 is 1.95. The fourth-order valence-electron chi connectivity index (χ4n) is 2.44. The van der Waals surface area contributed by atoms with Gasteiger partial charge in [-0.05, 0) is 37.6 Å². The van der Waals surface area contributed by atoms with Crippen LogP contribution < -0.4 is 5.32 Å². The Morgan fingerprint density at radius 2 is 2.04 bits per heavy atom. The lowest BCUT2D eigenvalue weighted by atomic mass is 10.2. The number of benzene rings is 1. The van der Waals surface area contributed by atoms with Crippen molar-refractivity contribution >= 4 is 35.1 Å². The predicted molar refractivity (Wildman–Crippen MR) is 104 cm³/mol. The van der Waals surface area contributed by atoms with E-state index in [1.807, 2.05) is 54.8 Å². The van der Waals surface area contributed by atoms with Crippen LogP contribution in [-0.4, -0.2) is 31.4 Å². The normalized spacial score (nSPS) is 10.7. The van der Waals surface area contributed by atoms with Crippen LogP contribution in [-0.2, 0) is 11.3 Å². The Kier molecular flexibility index (Phi) is 5.90. The van der Waals surface area contributed by atoms with E-state index in [9.17, 15) is 4.79 Å². The minimum absolute atomic E-state index is 0.137. The maximum absolute atomic E-state index is 12.2. The van der Waals surface area contributed by atoms with Crippen LogP contribution in [0.2, 0.25) is 5.02 Å². The number of pyridine rings is 1. The summed E-state index contributed by atoms with van der Waals surface area (Å²) in [5.74, 6) is 1.35. The molecule has 3 aromatic rings. The Morgan fingerprint density at radius 3 is 2.77 bits per heavy atom. The number of anilines is 1. The van der Waals surface area contributed by atoms with Gasteiger partial charge in [-0.1, -0.05) is 41.6 Å². The molecule has 0 radical (unpaired) electrons. The first-order chi connectivity index (χ1) is 12.6. The topological polar surface area (TPSA) is 72.7 Å². The Labute approximate surface area is 161 Å². The molecule has 3 rings (SSSR count). The number of thioether (sulfide) groups is 1. The molecule has 0 saturated heterocycles. The lowest BCUT2D eigenvalue weighted by Crippen LogP contribution is -2.16. The predicted octanol–water partition coefficient (Wildman–Crippen LogP) is 4.05. The van der Waals surface area contributed by atoms with Crippen LogP contribution >= 0.6 is 23.4 Å². The van der Waals surface area contributed by atoms with Crippen LogP contribution in [0.4, 0.5) is 5.82 Å². The van der Waals surface area contributed by atoms with E-state index in [-0.39, 0.29) is 11.7 Å². The van der Waals surface area contributed by atoms with Crippen molar-refractivity contribution in [2.24, 2.45) is 0 Å². The number of rotatable bonds is 6. The average molecular weight is 388 g/mol. The molecule has 0 aliphatic carbocycles. The molecule has 1 N–H and O–H groups in total. The summed E-state index contributed by atoms with van der Waals surface area (Å²) in [5, 5.41) is 12.6. The van der Waals surface area contributed by atoms with E-state index >= 15 is 0 Å². The number of carbonyl (C=O) groups is 1. The monoisotopic (exact) mass is 387 g/mol. The molecule has 26 heavy (non-hydrogen) atoms. The van der Waals surface area contributed by atoms with E-state index in [4.69, 9.17) is 11.6 Å². The van der Waals surface area contributed by atoms with Crippen LogP contribution in [0.25, 0.3) is 11.4 Å². The van der Waals surface area contributed by atoms with Gasteiger partial charge >= 0.3 is 0 Å². The molecular weight excluding hydrogens is 370 g/mol. The van der Waals surface area contributed by atoms with Crippen LogP contribution in [0.3, 0.4) is 0 Å². The summed E-state index contributed by atoms with van der Waals surface area (Å²) in [6.07, 6.45) is 1.65. The zero-order chi connectivity index (χ0) is 18.5. The number of hydrogen-bond acceptors (Lipinski definition) is 5. The molecule has 0 fully saturated rings. The summed E-state index contributed by atoms with van der Waals surface area (Å²) in [7, 11) is 0. The second-order valence-corrected chi connectivity index (χ2v) is 6.89. The van der Waals surface area contributed by atoms with Crippen molar-refractivity contribution in [3.05, 3.63) is 53.2 Å². The number of amides is 1. The van der Waals surface area contributed by atoms with Gasteiger partial charge in [-0.15, -0.1) is 10.2 Å². The van der Waals surface area contributed by atoms with Crippen molar-refractivity contribution in [3.8, 4) is 11.4 Å². The molecule has 8 heteroatoms. The summed E-state index contributed by atoms with van der Waals surface area (Å²) in [6, 6.07) is 11.2. The van der Waals surface area contributed by atoms with Gasteiger partial charge in [-0.2, -0.15) is 0 Å². The highest BCUT2D eigenvalue weighted by atomic mass is 35.5. The third kappa shape index (κ3) is 4.05. The summed E-state index contributed by atoms with van der Waals surface area (Å²) in [4.78, 5) is 16.4. The van der Waals surface area contributed by atoms with Gasteiger partial charge in [0.05, 0.1) is 10.8 Å². The van der Waals surface area contributed by atoms with Gasteiger partial charge in [0.15, 0.2) is 11.0 Å². The van der Waals surface area contributed by atoms with E-state index in [0.29, 0.717) is 28.4 Å².